The summed E-state index contributed by atoms with van der Waals surface area (Å²) in [6, 6.07) is 15.3. The van der Waals surface area contributed by atoms with Crippen LogP contribution in [0.25, 0.3) is 0 Å². The average Bonchev–Trinajstić information content (AvgIpc) is 3.50. The molecule has 1 aliphatic carbocycles. The molecule has 0 amide bonds. The lowest BCUT2D eigenvalue weighted by atomic mass is 10.2. The van der Waals surface area contributed by atoms with Gasteiger partial charge in [0.2, 0.25) is 11.9 Å². The monoisotopic (exact) mass is 379 g/mol. The van der Waals surface area contributed by atoms with E-state index in [9.17, 15) is 4.39 Å². The number of para-hydroxylation sites is 1. The highest BCUT2D eigenvalue weighted by Crippen LogP contribution is 2.19. The summed E-state index contributed by atoms with van der Waals surface area (Å²) in [4.78, 5) is 14.3. The third-order valence-electron chi connectivity index (χ3n) is 5.01. The van der Waals surface area contributed by atoms with Crippen LogP contribution in [0.5, 0.6) is 0 Å². The molecule has 4 rings (SSSR count). The van der Waals surface area contributed by atoms with Crippen molar-refractivity contribution in [3.63, 3.8) is 0 Å². The van der Waals surface area contributed by atoms with Gasteiger partial charge >= 0.3 is 0 Å². The van der Waals surface area contributed by atoms with Gasteiger partial charge in [-0.1, -0.05) is 36.4 Å². The van der Waals surface area contributed by atoms with Gasteiger partial charge in [0, 0.05) is 24.1 Å². The number of nitrogens with one attached hydrogen (secondary N) is 2. The summed E-state index contributed by atoms with van der Waals surface area (Å²) in [7, 11) is 0. The van der Waals surface area contributed by atoms with E-state index in [1.807, 2.05) is 43.3 Å². The molecule has 1 unspecified atom stereocenters. The molecule has 2 aromatic carbocycles. The minimum atomic E-state index is -0.169. The fraction of sp³-hybridized carbons (Fsp3) is 0.286. The Morgan fingerprint density at radius 2 is 1.79 bits per heavy atom. The second-order valence-corrected chi connectivity index (χ2v) is 7.25. The predicted molar refractivity (Wildman–Crippen MR) is 106 cm³/mol. The molecule has 0 spiro atoms. The van der Waals surface area contributed by atoms with E-state index in [-0.39, 0.29) is 11.8 Å². The van der Waals surface area contributed by atoms with Gasteiger partial charge in [0.05, 0.1) is 6.04 Å². The molecule has 0 radical (unpaired) electrons. The number of hydrogen-bond donors (Lipinski definition) is 3. The fourth-order valence-corrected chi connectivity index (χ4v) is 3.34. The summed E-state index contributed by atoms with van der Waals surface area (Å²) in [5.74, 6) is 1.06. The SMILES string of the molecule is Cc1ccccc1Nc1nc(N)nc(C[NH+](Cc2ccccc2F)C2CC2)n1. The number of halogens is 1. The number of aromatic nitrogens is 3. The Hall–Kier alpha value is -3.06. The van der Waals surface area contributed by atoms with Gasteiger partial charge in [-0.3, -0.25) is 0 Å². The Balaban J connectivity index is 1.54. The van der Waals surface area contributed by atoms with Gasteiger partial charge in [0.15, 0.2) is 5.82 Å². The second kappa shape index (κ2) is 7.90. The number of quaternary nitrogens is 1. The first-order valence-corrected chi connectivity index (χ1v) is 9.49. The van der Waals surface area contributed by atoms with Gasteiger partial charge in [0.25, 0.3) is 0 Å². The van der Waals surface area contributed by atoms with Crippen molar-refractivity contribution in [1.82, 2.24) is 15.0 Å². The number of nitrogens with two attached hydrogens (primary N) is 1. The van der Waals surface area contributed by atoms with Gasteiger partial charge in [-0.05, 0) is 24.6 Å². The van der Waals surface area contributed by atoms with Crippen LogP contribution >= 0.6 is 0 Å². The number of nitrogens with zero attached hydrogens (tertiary/aromatic N) is 3. The summed E-state index contributed by atoms with van der Waals surface area (Å²) >= 11 is 0. The lowest BCUT2D eigenvalue weighted by Gasteiger charge is -2.19. The Bertz CT molecular complexity index is 973. The van der Waals surface area contributed by atoms with Crippen LogP contribution in [0.15, 0.2) is 48.5 Å². The number of aryl methyl sites for hydroxylation is 1. The van der Waals surface area contributed by atoms with Crippen LogP contribution in [0, 0.1) is 12.7 Å². The Kier molecular flexibility index (Phi) is 5.16. The van der Waals surface area contributed by atoms with Crippen LogP contribution in [0.1, 0.15) is 29.8 Å². The smallest absolute Gasteiger partial charge is 0.232 e. The third kappa shape index (κ3) is 4.43. The van der Waals surface area contributed by atoms with Crippen LogP contribution in [-0.4, -0.2) is 21.0 Å². The van der Waals surface area contributed by atoms with Gasteiger partial charge < -0.3 is 16.0 Å². The van der Waals surface area contributed by atoms with Crippen molar-refractivity contribution in [2.75, 3.05) is 11.1 Å². The van der Waals surface area contributed by atoms with Crippen molar-refractivity contribution in [3.05, 3.63) is 71.3 Å². The average molecular weight is 379 g/mol. The molecule has 1 saturated carbocycles. The van der Waals surface area contributed by atoms with E-state index >= 15 is 0 Å². The lowest BCUT2D eigenvalue weighted by Crippen LogP contribution is -3.10. The molecule has 3 aromatic rings. The highest BCUT2D eigenvalue weighted by molar-refractivity contribution is 5.58. The zero-order valence-electron chi connectivity index (χ0n) is 15.8. The van der Waals surface area contributed by atoms with Crippen molar-refractivity contribution < 1.29 is 9.29 Å². The predicted octanol–water partition coefficient (Wildman–Crippen LogP) is 2.39. The van der Waals surface area contributed by atoms with Crippen LogP contribution in [0.3, 0.4) is 0 Å². The molecule has 6 nitrogen and oxygen atoms in total. The van der Waals surface area contributed by atoms with E-state index in [1.165, 1.54) is 11.0 Å². The minimum Gasteiger partial charge on any atom is -0.368 e. The fourth-order valence-electron chi connectivity index (χ4n) is 3.34. The van der Waals surface area contributed by atoms with Crippen molar-refractivity contribution in [1.29, 1.82) is 0 Å². The quantitative estimate of drug-likeness (QED) is 0.587. The molecule has 1 aromatic heterocycles. The number of benzene rings is 2. The molecular weight excluding hydrogens is 355 g/mol. The zero-order chi connectivity index (χ0) is 19.5. The van der Waals surface area contributed by atoms with Crippen LogP contribution < -0.4 is 16.0 Å². The van der Waals surface area contributed by atoms with Crippen LogP contribution in [-0.2, 0) is 13.1 Å². The van der Waals surface area contributed by atoms with Gasteiger partial charge in [-0.15, -0.1) is 0 Å². The third-order valence-corrected chi connectivity index (χ3v) is 5.01. The van der Waals surface area contributed by atoms with Crippen molar-refractivity contribution in [2.45, 2.75) is 38.9 Å². The summed E-state index contributed by atoms with van der Waals surface area (Å²) in [6.07, 6.45) is 2.28. The summed E-state index contributed by atoms with van der Waals surface area (Å²) in [5.41, 5.74) is 8.65. The first-order valence-electron chi connectivity index (χ1n) is 9.49. The van der Waals surface area contributed by atoms with E-state index in [1.54, 1.807) is 6.07 Å². The summed E-state index contributed by atoms with van der Waals surface area (Å²) in [6.45, 7) is 3.19. The zero-order valence-corrected chi connectivity index (χ0v) is 15.8. The normalized spacial score (nSPS) is 14.6. The van der Waals surface area contributed by atoms with E-state index in [4.69, 9.17) is 5.73 Å². The molecule has 0 bridgehead atoms. The molecule has 144 valence electrons. The highest BCUT2D eigenvalue weighted by Gasteiger charge is 2.34. The largest absolute Gasteiger partial charge is 0.368 e. The Morgan fingerprint density at radius 3 is 2.54 bits per heavy atom. The lowest BCUT2D eigenvalue weighted by molar-refractivity contribution is -0.939. The molecule has 1 aliphatic rings. The van der Waals surface area contributed by atoms with Crippen molar-refractivity contribution in [3.8, 4) is 0 Å². The highest BCUT2D eigenvalue weighted by atomic mass is 19.1. The molecule has 4 N–H and O–H groups in total. The van der Waals surface area contributed by atoms with E-state index in [2.05, 4.69) is 20.3 Å². The van der Waals surface area contributed by atoms with E-state index in [0.29, 0.717) is 36.5 Å². The standard InChI is InChI=1S/C21H23FN6/c1-14-6-2-5-9-18(14)24-21-26-19(25-20(23)27-21)13-28(16-10-11-16)12-15-7-3-4-8-17(15)22/h2-9,16H,10-13H2,1H3,(H3,23,24,25,26,27)/p+1. The van der Waals surface area contributed by atoms with Crippen LogP contribution in [0.4, 0.5) is 22.0 Å². The summed E-state index contributed by atoms with van der Waals surface area (Å²) in [5, 5.41) is 3.22. The van der Waals surface area contributed by atoms with E-state index in [0.717, 1.165) is 24.1 Å². The maximum absolute atomic E-state index is 14.1. The second-order valence-electron chi connectivity index (χ2n) is 7.25. The number of hydrogen-bond acceptors (Lipinski definition) is 5. The summed E-state index contributed by atoms with van der Waals surface area (Å²) < 4.78 is 14.1. The van der Waals surface area contributed by atoms with Gasteiger partial charge in [-0.25, -0.2) is 4.39 Å². The molecule has 0 saturated heterocycles. The van der Waals surface area contributed by atoms with Crippen molar-refractivity contribution >= 4 is 17.6 Å². The molecule has 28 heavy (non-hydrogen) atoms. The van der Waals surface area contributed by atoms with Gasteiger partial charge in [-0.2, -0.15) is 15.0 Å². The number of rotatable bonds is 7. The maximum atomic E-state index is 14.1. The first-order chi connectivity index (χ1) is 13.6. The molecule has 7 heteroatoms. The van der Waals surface area contributed by atoms with Crippen molar-refractivity contribution in [2.24, 2.45) is 0 Å². The molecule has 1 fully saturated rings. The Morgan fingerprint density at radius 1 is 1.04 bits per heavy atom. The topological polar surface area (TPSA) is 81.2 Å². The molecule has 1 atom stereocenters. The molecular formula is C21H24FN6+. The number of nitrogen functional groups attached to an aromatic ring is 1. The van der Waals surface area contributed by atoms with E-state index < -0.39 is 0 Å². The first kappa shape index (κ1) is 18.3. The minimum absolute atomic E-state index is 0.169. The van der Waals surface area contributed by atoms with Crippen LogP contribution in [0.2, 0.25) is 0 Å². The Labute approximate surface area is 163 Å². The number of anilines is 3. The maximum Gasteiger partial charge on any atom is 0.232 e. The molecule has 0 aliphatic heterocycles. The molecule has 1 heterocycles. The van der Waals surface area contributed by atoms with Gasteiger partial charge in [0.1, 0.15) is 18.9 Å².